The molecule has 0 aliphatic carbocycles. The molecule has 3 heteroatoms. The van der Waals surface area contributed by atoms with Gasteiger partial charge < -0.3 is 14.8 Å². The quantitative estimate of drug-likeness (QED) is 0.922. The summed E-state index contributed by atoms with van der Waals surface area (Å²) >= 11 is 0. The zero-order valence-corrected chi connectivity index (χ0v) is 12.6. The van der Waals surface area contributed by atoms with Crippen molar-refractivity contribution in [3.8, 4) is 0 Å². The number of benzene rings is 1. The SMILES string of the molecule is CN(Cc1cn(C)c2ccccc12)CC1CCCCN1. The second-order valence-electron chi connectivity index (χ2n) is 6.13. The summed E-state index contributed by atoms with van der Waals surface area (Å²) in [7, 11) is 4.37. The zero-order chi connectivity index (χ0) is 13.9. The number of fused-ring (bicyclic) bond motifs is 1. The molecule has 1 unspecified atom stereocenters. The van der Waals surface area contributed by atoms with Crippen LogP contribution in [0.15, 0.2) is 30.5 Å². The Bertz CT molecular complexity index is 567. The summed E-state index contributed by atoms with van der Waals surface area (Å²) in [5.41, 5.74) is 2.76. The van der Waals surface area contributed by atoms with Gasteiger partial charge in [0.1, 0.15) is 0 Å². The molecule has 0 saturated carbocycles. The molecule has 108 valence electrons. The van der Waals surface area contributed by atoms with Crippen LogP contribution in [0, 0.1) is 0 Å². The van der Waals surface area contributed by atoms with Crippen LogP contribution in [0.2, 0.25) is 0 Å². The predicted octanol–water partition coefficient (Wildman–Crippen LogP) is 2.75. The Kier molecular flexibility index (Phi) is 4.08. The van der Waals surface area contributed by atoms with Crippen LogP contribution in [0.25, 0.3) is 10.9 Å². The molecule has 0 radical (unpaired) electrons. The molecular formula is C17H25N3. The van der Waals surface area contributed by atoms with E-state index in [1.807, 2.05) is 0 Å². The molecule has 3 nitrogen and oxygen atoms in total. The highest BCUT2D eigenvalue weighted by atomic mass is 15.1. The fourth-order valence-electron chi connectivity index (χ4n) is 3.36. The van der Waals surface area contributed by atoms with Gasteiger partial charge in [0.25, 0.3) is 0 Å². The van der Waals surface area contributed by atoms with Gasteiger partial charge in [-0.2, -0.15) is 0 Å². The summed E-state index contributed by atoms with van der Waals surface area (Å²) in [4.78, 5) is 2.45. The number of hydrogen-bond acceptors (Lipinski definition) is 2. The number of likely N-dealkylation sites (N-methyl/N-ethyl adjacent to an activating group) is 1. The number of hydrogen-bond donors (Lipinski definition) is 1. The Balaban J connectivity index is 1.69. The first kappa shape index (κ1) is 13.7. The normalized spacial score (nSPS) is 19.9. The number of piperidine rings is 1. The molecule has 1 N–H and O–H groups in total. The summed E-state index contributed by atoms with van der Waals surface area (Å²) in [6.45, 7) is 3.36. The van der Waals surface area contributed by atoms with Gasteiger partial charge in [0, 0.05) is 43.3 Å². The van der Waals surface area contributed by atoms with Crippen LogP contribution in [0.5, 0.6) is 0 Å². The maximum Gasteiger partial charge on any atom is 0.0481 e. The number of rotatable bonds is 4. The molecule has 1 saturated heterocycles. The number of aryl methyl sites for hydroxylation is 1. The lowest BCUT2D eigenvalue weighted by molar-refractivity contribution is 0.257. The van der Waals surface area contributed by atoms with Crippen molar-refractivity contribution in [1.82, 2.24) is 14.8 Å². The number of nitrogens with one attached hydrogen (secondary N) is 1. The zero-order valence-electron chi connectivity index (χ0n) is 12.6. The van der Waals surface area contributed by atoms with Crippen LogP contribution in [0.4, 0.5) is 0 Å². The monoisotopic (exact) mass is 271 g/mol. The highest BCUT2D eigenvalue weighted by Gasteiger charge is 2.15. The molecule has 2 heterocycles. The molecule has 1 aliphatic heterocycles. The number of aromatic nitrogens is 1. The molecule has 20 heavy (non-hydrogen) atoms. The van der Waals surface area contributed by atoms with Gasteiger partial charge >= 0.3 is 0 Å². The average Bonchev–Trinajstić information content (AvgIpc) is 2.77. The first-order chi connectivity index (χ1) is 9.74. The maximum absolute atomic E-state index is 3.63. The van der Waals surface area contributed by atoms with Gasteiger partial charge in [0.15, 0.2) is 0 Å². The van der Waals surface area contributed by atoms with Crippen molar-refractivity contribution in [1.29, 1.82) is 0 Å². The van der Waals surface area contributed by atoms with Crippen molar-refractivity contribution in [3.05, 3.63) is 36.0 Å². The van der Waals surface area contributed by atoms with Crippen LogP contribution in [0.3, 0.4) is 0 Å². The van der Waals surface area contributed by atoms with Gasteiger partial charge in [-0.05, 0) is 38.1 Å². The first-order valence-corrected chi connectivity index (χ1v) is 7.69. The molecule has 0 amide bonds. The fourth-order valence-corrected chi connectivity index (χ4v) is 3.36. The lowest BCUT2D eigenvalue weighted by Crippen LogP contribution is -2.42. The topological polar surface area (TPSA) is 20.2 Å². The Hall–Kier alpha value is -1.32. The van der Waals surface area contributed by atoms with Crippen molar-refractivity contribution in [2.45, 2.75) is 31.8 Å². The number of para-hydroxylation sites is 1. The molecule has 0 spiro atoms. The summed E-state index contributed by atoms with van der Waals surface area (Å²) in [5, 5.41) is 5.02. The highest BCUT2D eigenvalue weighted by Crippen LogP contribution is 2.21. The minimum atomic E-state index is 0.670. The number of nitrogens with zero attached hydrogens (tertiary/aromatic N) is 2. The van der Waals surface area contributed by atoms with Gasteiger partial charge in [-0.1, -0.05) is 24.6 Å². The van der Waals surface area contributed by atoms with Crippen molar-refractivity contribution in [3.63, 3.8) is 0 Å². The summed E-state index contributed by atoms with van der Waals surface area (Å²) in [5.74, 6) is 0. The highest BCUT2D eigenvalue weighted by molar-refractivity contribution is 5.83. The lowest BCUT2D eigenvalue weighted by atomic mass is 10.0. The van der Waals surface area contributed by atoms with Gasteiger partial charge in [0.2, 0.25) is 0 Å². The van der Waals surface area contributed by atoms with E-state index in [0.29, 0.717) is 6.04 Å². The first-order valence-electron chi connectivity index (χ1n) is 7.69. The van der Waals surface area contributed by atoms with E-state index in [9.17, 15) is 0 Å². The molecule has 1 fully saturated rings. The molecule has 3 rings (SSSR count). The second kappa shape index (κ2) is 5.98. The van der Waals surface area contributed by atoms with Crippen molar-refractivity contribution in [2.24, 2.45) is 7.05 Å². The third-order valence-electron chi connectivity index (χ3n) is 4.36. The van der Waals surface area contributed by atoms with Crippen LogP contribution >= 0.6 is 0 Å². The Labute approximate surface area is 121 Å². The van der Waals surface area contributed by atoms with E-state index in [4.69, 9.17) is 0 Å². The molecule has 1 aromatic heterocycles. The van der Waals surface area contributed by atoms with Gasteiger partial charge in [-0.15, -0.1) is 0 Å². The third kappa shape index (κ3) is 2.89. The van der Waals surface area contributed by atoms with Crippen LogP contribution in [-0.2, 0) is 13.6 Å². The maximum atomic E-state index is 3.63. The average molecular weight is 271 g/mol. The third-order valence-corrected chi connectivity index (χ3v) is 4.36. The predicted molar refractivity (Wildman–Crippen MR) is 84.9 cm³/mol. The van der Waals surface area contributed by atoms with E-state index >= 15 is 0 Å². The minimum absolute atomic E-state index is 0.670. The Morgan fingerprint density at radius 2 is 2.15 bits per heavy atom. The van der Waals surface area contributed by atoms with E-state index in [1.54, 1.807) is 0 Å². The minimum Gasteiger partial charge on any atom is -0.350 e. The van der Waals surface area contributed by atoms with E-state index in [1.165, 1.54) is 42.3 Å². The van der Waals surface area contributed by atoms with Crippen LogP contribution in [-0.4, -0.2) is 35.6 Å². The summed E-state index contributed by atoms with van der Waals surface area (Å²) in [6.07, 6.45) is 6.30. The van der Waals surface area contributed by atoms with Gasteiger partial charge in [0.05, 0.1) is 0 Å². The Morgan fingerprint density at radius 3 is 2.95 bits per heavy atom. The molecule has 2 aromatic rings. The fraction of sp³-hybridized carbons (Fsp3) is 0.529. The van der Waals surface area contributed by atoms with E-state index < -0.39 is 0 Å². The van der Waals surface area contributed by atoms with Gasteiger partial charge in [-0.3, -0.25) is 0 Å². The molecule has 0 bridgehead atoms. The van der Waals surface area contributed by atoms with Crippen molar-refractivity contribution >= 4 is 10.9 Å². The van der Waals surface area contributed by atoms with E-state index in [2.05, 4.69) is 59.3 Å². The smallest absolute Gasteiger partial charge is 0.0481 e. The standard InChI is InChI=1S/C17H25N3/c1-19(13-15-7-5-6-10-18-15)11-14-12-20(2)17-9-4-3-8-16(14)17/h3-4,8-9,12,15,18H,5-7,10-11,13H2,1-2H3. The molecule has 1 aromatic carbocycles. The Morgan fingerprint density at radius 1 is 1.30 bits per heavy atom. The van der Waals surface area contributed by atoms with Gasteiger partial charge in [-0.25, -0.2) is 0 Å². The summed E-state index contributed by atoms with van der Waals surface area (Å²) < 4.78 is 2.23. The molecule has 1 atom stereocenters. The van der Waals surface area contributed by atoms with E-state index in [-0.39, 0.29) is 0 Å². The largest absolute Gasteiger partial charge is 0.350 e. The van der Waals surface area contributed by atoms with E-state index in [0.717, 1.165) is 13.1 Å². The molecular weight excluding hydrogens is 246 g/mol. The second-order valence-corrected chi connectivity index (χ2v) is 6.13. The molecule has 1 aliphatic rings. The van der Waals surface area contributed by atoms with Crippen molar-refractivity contribution < 1.29 is 0 Å². The lowest BCUT2D eigenvalue weighted by Gasteiger charge is -2.28. The van der Waals surface area contributed by atoms with Crippen molar-refractivity contribution in [2.75, 3.05) is 20.1 Å². The van der Waals surface area contributed by atoms with Crippen LogP contribution < -0.4 is 5.32 Å². The summed E-state index contributed by atoms with van der Waals surface area (Å²) in [6, 6.07) is 9.35. The van der Waals surface area contributed by atoms with Crippen LogP contribution in [0.1, 0.15) is 24.8 Å².